The highest BCUT2D eigenvalue weighted by molar-refractivity contribution is 9.10. The number of nitrogens with two attached hydrogens (primary N) is 1. The highest BCUT2D eigenvalue weighted by Crippen LogP contribution is 2.23. The summed E-state index contributed by atoms with van der Waals surface area (Å²) in [7, 11) is -3.87. The first kappa shape index (κ1) is 16.0. The minimum absolute atomic E-state index is 0.137. The molecule has 0 radical (unpaired) electrons. The van der Waals surface area contributed by atoms with Gasteiger partial charge in [-0.25, -0.2) is 13.6 Å². The lowest BCUT2D eigenvalue weighted by Crippen LogP contribution is -2.16. The fourth-order valence-electron chi connectivity index (χ4n) is 1.47. The van der Waals surface area contributed by atoms with Crippen LogP contribution in [0.4, 0.5) is 5.13 Å². The Morgan fingerprint density at radius 3 is 2.71 bits per heavy atom. The van der Waals surface area contributed by atoms with E-state index >= 15 is 0 Å². The molecular formula is C11H11BrN4O3S2. The van der Waals surface area contributed by atoms with Gasteiger partial charge in [0.25, 0.3) is 5.91 Å². The van der Waals surface area contributed by atoms with Crippen molar-refractivity contribution in [2.75, 3.05) is 5.32 Å². The molecule has 0 unspecified atom stereocenters. The molecule has 112 valence electrons. The van der Waals surface area contributed by atoms with Gasteiger partial charge in [0.05, 0.1) is 10.5 Å². The van der Waals surface area contributed by atoms with Crippen LogP contribution in [0.25, 0.3) is 0 Å². The van der Waals surface area contributed by atoms with Gasteiger partial charge in [-0.05, 0) is 40.5 Å². The van der Waals surface area contributed by atoms with Crippen molar-refractivity contribution >= 4 is 48.3 Å². The number of primary sulfonamides is 1. The van der Waals surface area contributed by atoms with Crippen LogP contribution < -0.4 is 10.5 Å². The van der Waals surface area contributed by atoms with E-state index in [1.165, 1.54) is 29.5 Å². The van der Waals surface area contributed by atoms with Crippen LogP contribution in [0.2, 0.25) is 0 Å². The second kappa shape index (κ2) is 6.18. The number of rotatable bonds is 4. The second-order valence-electron chi connectivity index (χ2n) is 4.00. The predicted molar refractivity (Wildman–Crippen MR) is 82.8 cm³/mol. The molecule has 1 aromatic heterocycles. The molecule has 1 heterocycles. The van der Waals surface area contributed by atoms with Gasteiger partial charge in [0.1, 0.15) is 5.01 Å². The molecule has 10 heteroatoms. The standard InChI is InChI=1S/C11H11BrN4O3S2/c1-2-9-15-16-11(20-9)14-10(17)7-5-6(21(13,18)19)3-4-8(7)12/h3-5H,2H2,1H3,(H2,13,18,19)(H,14,16,17). The highest BCUT2D eigenvalue weighted by atomic mass is 79.9. The second-order valence-corrected chi connectivity index (χ2v) is 7.47. The van der Waals surface area contributed by atoms with Crippen LogP contribution in [-0.4, -0.2) is 24.5 Å². The summed E-state index contributed by atoms with van der Waals surface area (Å²) in [6, 6.07) is 3.97. The van der Waals surface area contributed by atoms with Gasteiger partial charge in [-0.15, -0.1) is 10.2 Å². The predicted octanol–water partition coefficient (Wildman–Crippen LogP) is 1.76. The third-order valence-electron chi connectivity index (χ3n) is 2.50. The average Bonchev–Trinajstić information content (AvgIpc) is 2.85. The van der Waals surface area contributed by atoms with Crippen molar-refractivity contribution in [2.24, 2.45) is 5.14 Å². The molecule has 0 spiro atoms. The number of halogens is 1. The number of amides is 1. The molecular weight excluding hydrogens is 380 g/mol. The number of carbonyl (C=O) groups excluding carboxylic acids is 1. The molecule has 0 aliphatic carbocycles. The van der Waals surface area contributed by atoms with Crippen molar-refractivity contribution in [3.05, 3.63) is 33.2 Å². The molecule has 7 nitrogen and oxygen atoms in total. The normalized spacial score (nSPS) is 11.4. The summed E-state index contributed by atoms with van der Waals surface area (Å²) in [5.74, 6) is -0.494. The lowest BCUT2D eigenvalue weighted by Gasteiger charge is -2.06. The minimum Gasteiger partial charge on any atom is -0.296 e. The molecule has 1 aromatic carbocycles. The van der Waals surface area contributed by atoms with E-state index in [1.54, 1.807) is 0 Å². The van der Waals surface area contributed by atoms with Gasteiger partial charge < -0.3 is 0 Å². The van der Waals surface area contributed by atoms with Crippen LogP contribution >= 0.6 is 27.3 Å². The zero-order chi connectivity index (χ0) is 15.6. The van der Waals surface area contributed by atoms with E-state index in [-0.39, 0.29) is 10.5 Å². The third kappa shape index (κ3) is 3.84. The number of carbonyl (C=O) groups is 1. The van der Waals surface area contributed by atoms with E-state index in [9.17, 15) is 13.2 Å². The van der Waals surface area contributed by atoms with Gasteiger partial charge in [-0.1, -0.05) is 18.3 Å². The van der Waals surface area contributed by atoms with Crippen molar-refractivity contribution in [2.45, 2.75) is 18.2 Å². The SMILES string of the molecule is CCc1nnc(NC(=O)c2cc(S(N)(=O)=O)ccc2Br)s1. The summed E-state index contributed by atoms with van der Waals surface area (Å²) in [6.07, 6.45) is 0.720. The number of sulfonamides is 1. The Hall–Kier alpha value is -1.36. The largest absolute Gasteiger partial charge is 0.296 e. The maximum Gasteiger partial charge on any atom is 0.258 e. The summed E-state index contributed by atoms with van der Waals surface area (Å²) in [5, 5.41) is 16.5. The minimum atomic E-state index is -3.87. The molecule has 21 heavy (non-hydrogen) atoms. The van der Waals surface area contributed by atoms with Crippen LogP contribution in [0.3, 0.4) is 0 Å². The van der Waals surface area contributed by atoms with Gasteiger partial charge in [-0.2, -0.15) is 0 Å². The van der Waals surface area contributed by atoms with Crippen LogP contribution in [0.15, 0.2) is 27.6 Å². The Balaban J connectivity index is 2.30. The Morgan fingerprint density at radius 2 is 2.14 bits per heavy atom. The molecule has 0 atom stereocenters. The molecule has 0 saturated heterocycles. The summed E-state index contributed by atoms with van der Waals surface area (Å²) in [4.78, 5) is 12.0. The number of anilines is 1. The Kier molecular flexibility index (Phi) is 4.71. The van der Waals surface area contributed by atoms with Crippen molar-refractivity contribution < 1.29 is 13.2 Å². The van der Waals surface area contributed by atoms with Crippen molar-refractivity contribution in [1.29, 1.82) is 0 Å². The van der Waals surface area contributed by atoms with E-state index < -0.39 is 15.9 Å². The van der Waals surface area contributed by atoms with Gasteiger partial charge in [0.15, 0.2) is 0 Å². The first-order chi connectivity index (χ1) is 9.81. The molecule has 2 aromatic rings. The first-order valence-corrected chi connectivity index (χ1v) is 8.93. The molecule has 3 N–H and O–H groups in total. The monoisotopic (exact) mass is 390 g/mol. The van der Waals surface area contributed by atoms with Crippen LogP contribution in [0.5, 0.6) is 0 Å². The number of aryl methyl sites for hydroxylation is 1. The van der Waals surface area contributed by atoms with Crippen molar-refractivity contribution in [3.63, 3.8) is 0 Å². The average molecular weight is 391 g/mol. The zero-order valence-corrected chi connectivity index (χ0v) is 14.0. The number of hydrogen-bond acceptors (Lipinski definition) is 6. The number of nitrogens with one attached hydrogen (secondary N) is 1. The smallest absolute Gasteiger partial charge is 0.258 e. The van der Waals surface area contributed by atoms with Crippen molar-refractivity contribution in [1.82, 2.24) is 10.2 Å². The quantitative estimate of drug-likeness (QED) is 0.824. The summed E-state index contributed by atoms with van der Waals surface area (Å²) in [5.41, 5.74) is 0.148. The van der Waals surface area contributed by atoms with E-state index in [4.69, 9.17) is 5.14 Å². The topological polar surface area (TPSA) is 115 Å². The van der Waals surface area contributed by atoms with E-state index in [2.05, 4.69) is 31.4 Å². The summed E-state index contributed by atoms with van der Waals surface area (Å²) in [6.45, 7) is 1.93. The van der Waals surface area contributed by atoms with Gasteiger partial charge in [-0.3, -0.25) is 10.1 Å². The number of hydrogen-bond donors (Lipinski definition) is 2. The lowest BCUT2D eigenvalue weighted by molar-refractivity contribution is 0.102. The van der Waals surface area contributed by atoms with Gasteiger partial charge in [0.2, 0.25) is 15.2 Å². The van der Waals surface area contributed by atoms with Gasteiger partial charge >= 0.3 is 0 Å². The lowest BCUT2D eigenvalue weighted by atomic mass is 10.2. The molecule has 0 saturated carbocycles. The number of aromatic nitrogens is 2. The molecule has 0 fully saturated rings. The Morgan fingerprint density at radius 1 is 1.43 bits per heavy atom. The van der Waals surface area contributed by atoms with Crippen LogP contribution in [-0.2, 0) is 16.4 Å². The zero-order valence-electron chi connectivity index (χ0n) is 10.8. The van der Waals surface area contributed by atoms with E-state index in [1.807, 2.05) is 6.92 Å². The van der Waals surface area contributed by atoms with E-state index in [0.717, 1.165) is 11.4 Å². The third-order valence-corrected chi connectivity index (χ3v) is 5.09. The maximum absolute atomic E-state index is 12.2. The number of benzene rings is 1. The maximum atomic E-state index is 12.2. The van der Waals surface area contributed by atoms with E-state index in [0.29, 0.717) is 9.60 Å². The molecule has 1 amide bonds. The van der Waals surface area contributed by atoms with Crippen LogP contribution in [0.1, 0.15) is 22.3 Å². The summed E-state index contributed by atoms with van der Waals surface area (Å²) >= 11 is 4.46. The highest BCUT2D eigenvalue weighted by Gasteiger charge is 2.17. The molecule has 2 rings (SSSR count). The molecule has 0 bridgehead atoms. The Labute approximate surface area is 133 Å². The fourth-order valence-corrected chi connectivity index (χ4v) is 3.11. The first-order valence-electron chi connectivity index (χ1n) is 5.77. The van der Waals surface area contributed by atoms with Gasteiger partial charge in [0, 0.05) is 4.47 Å². The van der Waals surface area contributed by atoms with Crippen LogP contribution in [0, 0.1) is 0 Å². The molecule has 0 aliphatic rings. The molecule has 0 aliphatic heterocycles. The fraction of sp³-hybridized carbons (Fsp3) is 0.182. The number of nitrogens with zero attached hydrogens (tertiary/aromatic N) is 2. The van der Waals surface area contributed by atoms with Crippen molar-refractivity contribution in [3.8, 4) is 0 Å². The summed E-state index contributed by atoms with van der Waals surface area (Å²) < 4.78 is 23.1. The Bertz CT molecular complexity index is 789.